The zero-order chi connectivity index (χ0) is 16.2. The van der Waals surface area contributed by atoms with Gasteiger partial charge >= 0.3 is 6.18 Å². The molecular formula is C12H14F3N3O3. The van der Waals surface area contributed by atoms with Gasteiger partial charge in [0.25, 0.3) is 11.6 Å². The fraction of sp³-hybridized carbons (Fsp3) is 0.417. The second-order valence-corrected chi connectivity index (χ2v) is 4.30. The summed E-state index contributed by atoms with van der Waals surface area (Å²) in [5.74, 6) is -1.06. The molecule has 0 bridgehead atoms. The first-order chi connectivity index (χ1) is 9.65. The van der Waals surface area contributed by atoms with Gasteiger partial charge in [-0.3, -0.25) is 14.9 Å². The molecule has 1 N–H and O–H groups in total. The van der Waals surface area contributed by atoms with Crippen molar-refractivity contribution in [2.24, 2.45) is 0 Å². The minimum Gasteiger partial charge on any atom is -0.385 e. The third-order valence-corrected chi connectivity index (χ3v) is 2.57. The lowest BCUT2D eigenvalue weighted by atomic mass is 10.1. The fourth-order valence-corrected chi connectivity index (χ4v) is 1.73. The molecule has 116 valence electrons. The molecule has 0 aliphatic heterocycles. The third kappa shape index (κ3) is 4.62. The van der Waals surface area contributed by atoms with Crippen LogP contribution in [0.4, 0.5) is 24.5 Å². The maximum Gasteiger partial charge on any atom is 0.406 e. The van der Waals surface area contributed by atoms with Crippen LogP contribution in [0, 0.1) is 10.1 Å². The molecule has 1 aromatic carbocycles. The molecule has 0 radical (unpaired) electrons. The summed E-state index contributed by atoms with van der Waals surface area (Å²) in [6, 6.07) is 3.66. The van der Waals surface area contributed by atoms with E-state index in [1.807, 2.05) is 0 Å². The van der Waals surface area contributed by atoms with Gasteiger partial charge < -0.3 is 10.2 Å². The summed E-state index contributed by atoms with van der Waals surface area (Å²) in [6.45, 7) is 0.803. The molecule has 6 nitrogen and oxygen atoms in total. The second-order valence-electron chi connectivity index (χ2n) is 4.30. The highest BCUT2D eigenvalue weighted by molar-refractivity contribution is 5.99. The summed E-state index contributed by atoms with van der Waals surface area (Å²) in [5, 5.41) is 13.7. The van der Waals surface area contributed by atoms with Crippen molar-refractivity contribution in [3.8, 4) is 0 Å². The zero-order valence-electron chi connectivity index (χ0n) is 11.4. The predicted molar refractivity (Wildman–Crippen MR) is 70.3 cm³/mol. The van der Waals surface area contributed by atoms with Crippen LogP contribution < -0.4 is 5.32 Å². The summed E-state index contributed by atoms with van der Waals surface area (Å²) < 4.78 is 36.9. The van der Waals surface area contributed by atoms with Crippen LogP contribution in [0.1, 0.15) is 17.3 Å². The average Bonchev–Trinajstić information content (AvgIpc) is 2.35. The molecule has 0 atom stereocenters. The number of amides is 1. The van der Waals surface area contributed by atoms with E-state index in [1.54, 1.807) is 6.92 Å². The van der Waals surface area contributed by atoms with Gasteiger partial charge in [-0.25, -0.2) is 0 Å². The summed E-state index contributed by atoms with van der Waals surface area (Å²) >= 11 is 0. The van der Waals surface area contributed by atoms with E-state index in [4.69, 9.17) is 0 Å². The van der Waals surface area contributed by atoms with E-state index < -0.39 is 29.2 Å². The first-order valence-electron chi connectivity index (χ1n) is 6.00. The molecule has 0 unspecified atom stereocenters. The normalized spacial score (nSPS) is 11.1. The minimum atomic E-state index is -4.57. The lowest BCUT2D eigenvalue weighted by Crippen LogP contribution is -2.36. The molecule has 0 aromatic heterocycles. The molecule has 0 aliphatic rings. The van der Waals surface area contributed by atoms with E-state index in [2.05, 4.69) is 5.32 Å². The molecule has 0 aliphatic carbocycles. The lowest BCUT2D eigenvalue weighted by molar-refractivity contribution is -0.385. The highest BCUT2D eigenvalue weighted by Crippen LogP contribution is 2.25. The minimum absolute atomic E-state index is 0.384. The van der Waals surface area contributed by atoms with E-state index >= 15 is 0 Å². The number of benzene rings is 1. The van der Waals surface area contributed by atoms with Gasteiger partial charge in [0.2, 0.25) is 0 Å². The Morgan fingerprint density at radius 1 is 1.43 bits per heavy atom. The molecule has 1 aromatic rings. The van der Waals surface area contributed by atoms with E-state index in [1.165, 1.54) is 12.1 Å². The van der Waals surface area contributed by atoms with Crippen LogP contribution in [0.5, 0.6) is 0 Å². The maximum absolute atomic E-state index is 12.3. The van der Waals surface area contributed by atoms with E-state index in [0.29, 0.717) is 17.1 Å². The summed E-state index contributed by atoms with van der Waals surface area (Å²) in [7, 11) is 0.944. The number of alkyl halides is 3. The SMILES string of the molecule is CCNc1ccc([N+](=O)[O-])c(C(=O)N(C)CC(F)(F)F)c1. The van der Waals surface area contributed by atoms with E-state index in [9.17, 15) is 28.1 Å². The van der Waals surface area contributed by atoms with Crippen LogP contribution in [-0.2, 0) is 0 Å². The molecule has 0 saturated carbocycles. The number of halogens is 3. The Kier molecular flexibility index (Phi) is 5.12. The van der Waals surface area contributed by atoms with Gasteiger partial charge in [-0.15, -0.1) is 0 Å². The lowest BCUT2D eigenvalue weighted by Gasteiger charge is -2.19. The van der Waals surface area contributed by atoms with Crippen molar-refractivity contribution < 1.29 is 22.9 Å². The Morgan fingerprint density at radius 3 is 2.52 bits per heavy atom. The van der Waals surface area contributed by atoms with Gasteiger partial charge in [0.05, 0.1) is 4.92 Å². The molecule has 0 saturated heterocycles. The number of anilines is 1. The summed E-state index contributed by atoms with van der Waals surface area (Å²) in [6.07, 6.45) is -4.57. The largest absolute Gasteiger partial charge is 0.406 e. The van der Waals surface area contributed by atoms with Gasteiger partial charge in [-0.2, -0.15) is 13.2 Å². The highest BCUT2D eigenvalue weighted by atomic mass is 19.4. The number of nitro groups is 1. The fourth-order valence-electron chi connectivity index (χ4n) is 1.73. The molecule has 0 fully saturated rings. The molecule has 1 rings (SSSR count). The van der Waals surface area contributed by atoms with Gasteiger partial charge in [-0.1, -0.05) is 0 Å². The second kappa shape index (κ2) is 6.42. The van der Waals surface area contributed by atoms with Crippen LogP contribution in [0.3, 0.4) is 0 Å². The van der Waals surface area contributed by atoms with Crippen LogP contribution in [0.2, 0.25) is 0 Å². The number of nitrogens with zero attached hydrogens (tertiary/aromatic N) is 2. The van der Waals surface area contributed by atoms with Crippen LogP contribution in [0.15, 0.2) is 18.2 Å². The first kappa shape index (κ1) is 16.7. The van der Waals surface area contributed by atoms with Crippen molar-refractivity contribution in [1.82, 2.24) is 4.90 Å². The monoisotopic (exact) mass is 305 g/mol. The Hall–Kier alpha value is -2.32. The summed E-state index contributed by atoms with van der Waals surface area (Å²) in [4.78, 5) is 22.5. The molecule has 0 spiro atoms. The smallest absolute Gasteiger partial charge is 0.385 e. The van der Waals surface area contributed by atoms with Crippen molar-refractivity contribution in [2.75, 3.05) is 25.5 Å². The number of rotatable bonds is 5. The zero-order valence-corrected chi connectivity index (χ0v) is 11.4. The number of hydrogen-bond acceptors (Lipinski definition) is 4. The van der Waals surface area contributed by atoms with Crippen molar-refractivity contribution in [1.29, 1.82) is 0 Å². The van der Waals surface area contributed by atoms with Crippen molar-refractivity contribution >= 4 is 17.3 Å². The highest BCUT2D eigenvalue weighted by Gasteiger charge is 2.33. The van der Waals surface area contributed by atoms with E-state index in [-0.39, 0.29) is 5.56 Å². The quantitative estimate of drug-likeness (QED) is 0.670. The average molecular weight is 305 g/mol. The van der Waals surface area contributed by atoms with Crippen LogP contribution in [-0.4, -0.2) is 42.0 Å². The molecule has 1 amide bonds. The van der Waals surface area contributed by atoms with Crippen LogP contribution >= 0.6 is 0 Å². The summed E-state index contributed by atoms with van der Waals surface area (Å²) in [5.41, 5.74) is -0.493. The van der Waals surface area contributed by atoms with Gasteiger partial charge in [-0.05, 0) is 19.1 Å². The molecular weight excluding hydrogens is 291 g/mol. The number of carbonyl (C=O) groups is 1. The molecule has 21 heavy (non-hydrogen) atoms. The molecule has 0 heterocycles. The number of nitro benzene ring substituents is 1. The Bertz CT molecular complexity index is 546. The number of nitrogens with one attached hydrogen (secondary N) is 1. The Balaban J connectivity index is 3.15. The first-order valence-corrected chi connectivity index (χ1v) is 6.00. The van der Waals surface area contributed by atoms with Crippen molar-refractivity contribution in [3.05, 3.63) is 33.9 Å². The molecule has 9 heteroatoms. The van der Waals surface area contributed by atoms with E-state index in [0.717, 1.165) is 13.1 Å². The van der Waals surface area contributed by atoms with Gasteiger partial charge in [0.15, 0.2) is 0 Å². The predicted octanol–water partition coefficient (Wildman–Crippen LogP) is 2.66. The number of carbonyl (C=O) groups excluding carboxylic acids is 1. The number of hydrogen-bond donors (Lipinski definition) is 1. The van der Waals surface area contributed by atoms with Crippen molar-refractivity contribution in [3.63, 3.8) is 0 Å². The topological polar surface area (TPSA) is 75.5 Å². The van der Waals surface area contributed by atoms with Crippen molar-refractivity contribution in [2.45, 2.75) is 13.1 Å². The van der Waals surface area contributed by atoms with Crippen LogP contribution in [0.25, 0.3) is 0 Å². The van der Waals surface area contributed by atoms with Gasteiger partial charge in [0.1, 0.15) is 12.1 Å². The Morgan fingerprint density at radius 2 is 2.05 bits per heavy atom. The third-order valence-electron chi connectivity index (χ3n) is 2.57. The standard InChI is InChI=1S/C12H14F3N3O3/c1-3-16-8-4-5-10(18(20)21)9(6-8)11(19)17(2)7-12(13,14)15/h4-6,16H,3,7H2,1-2H3. The maximum atomic E-state index is 12.3. The Labute approximate surface area is 118 Å². The van der Waals surface area contributed by atoms with Gasteiger partial charge in [0, 0.05) is 25.3 Å².